The van der Waals surface area contributed by atoms with E-state index >= 15 is 0 Å². The van der Waals surface area contributed by atoms with Gasteiger partial charge in [-0.3, -0.25) is 4.79 Å². The van der Waals surface area contributed by atoms with Crippen LogP contribution in [0.5, 0.6) is 0 Å². The van der Waals surface area contributed by atoms with Gasteiger partial charge in [-0.1, -0.05) is 0 Å². The Morgan fingerprint density at radius 2 is 2.41 bits per heavy atom. The van der Waals surface area contributed by atoms with Gasteiger partial charge in [0.25, 0.3) is 0 Å². The van der Waals surface area contributed by atoms with Crippen molar-refractivity contribution in [1.29, 1.82) is 5.26 Å². The lowest BCUT2D eigenvalue weighted by molar-refractivity contribution is -0.126. The van der Waals surface area contributed by atoms with E-state index in [1.165, 1.54) is 0 Å². The molecule has 0 aromatic heterocycles. The molecule has 5 heteroatoms. The monoisotopic (exact) mass is 239 g/mol. The Balaban J connectivity index is 2.28. The molecular weight excluding hydrogens is 218 g/mol. The van der Waals surface area contributed by atoms with Gasteiger partial charge in [-0.25, -0.2) is 0 Å². The molecule has 2 N–H and O–H groups in total. The molecule has 0 bridgehead atoms. The Bertz CT molecular complexity index is 275. The molecule has 1 fully saturated rings. The molecule has 1 aliphatic heterocycles. The van der Waals surface area contributed by atoms with Crippen molar-refractivity contribution in [2.24, 2.45) is 5.92 Å². The molecule has 1 rings (SSSR count). The largest absolute Gasteiger partial charge is 0.396 e. The molecule has 0 radical (unpaired) electrons. The molecule has 1 heterocycles. The third kappa shape index (κ3) is 5.16. The Hall–Kier alpha value is -1.12. The molecule has 1 unspecified atom stereocenters. The number of aliphatic hydroxyl groups is 1. The number of nitrogens with one attached hydrogen (secondary N) is 1. The minimum atomic E-state index is 0.0427. The third-order valence-corrected chi connectivity index (χ3v) is 3.05. The Morgan fingerprint density at radius 1 is 1.59 bits per heavy atom. The summed E-state index contributed by atoms with van der Waals surface area (Å²) in [5.74, 6) is 0.126. The summed E-state index contributed by atoms with van der Waals surface area (Å²) in [5, 5.41) is 20.0. The van der Waals surface area contributed by atoms with Crippen molar-refractivity contribution in [2.45, 2.75) is 25.7 Å². The molecule has 17 heavy (non-hydrogen) atoms. The molecule has 1 saturated heterocycles. The van der Waals surface area contributed by atoms with Crippen molar-refractivity contribution in [3.8, 4) is 6.07 Å². The van der Waals surface area contributed by atoms with Gasteiger partial charge in [0.05, 0.1) is 12.0 Å². The van der Waals surface area contributed by atoms with Gasteiger partial charge in [-0.05, 0) is 25.8 Å². The maximum absolute atomic E-state index is 11.8. The molecule has 1 aliphatic rings. The fourth-order valence-corrected chi connectivity index (χ4v) is 2.12. The molecule has 0 saturated carbocycles. The zero-order chi connectivity index (χ0) is 12.5. The standard InChI is InChI=1S/C12H21N3O2/c13-5-2-8-15-7-1-4-11(10-15)12(17)14-6-3-9-16/h11,16H,1-4,6-10H2,(H,14,17). The molecule has 0 spiro atoms. The Labute approximate surface area is 102 Å². The summed E-state index contributed by atoms with van der Waals surface area (Å²) >= 11 is 0. The van der Waals surface area contributed by atoms with Crippen LogP contribution < -0.4 is 5.32 Å². The average molecular weight is 239 g/mol. The van der Waals surface area contributed by atoms with Gasteiger partial charge in [0.1, 0.15) is 0 Å². The molecule has 5 nitrogen and oxygen atoms in total. The summed E-state index contributed by atoms with van der Waals surface area (Å²) in [4.78, 5) is 14.0. The Kier molecular flexibility index (Phi) is 6.60. The SMILES string of the molecule is N#CCCN1CCCC(C(=O)NCCCO)C1. The number of amides is 1. The van der Waals surface area contributed by atoms with Gasteiger partial charge < -0.3 is 15.3 Å². The van der Waals surface area contributed by atoms with Crippen molar-refractivity contribution < 1.29 is 9.90 Å². The van der Waals surface area contributed by atoms with Crippen LogP contribution in [-0.2, 0) is 4.79 Å². The van der Waals surface area contributed by atoms with Gasteiger partial charge in [0.2, 0.25) is 5.91 Å². The molecule has 96 valence electrons. The number of nitriles is 1. The second-order valence-electron chi connectivity index (χ2n) is 4.42. The normalized spacial score (nSPS) is 20.8. The highest BCUT2D eigenvalue weighted by molar-refractivity contribution is 5.78. The van der Waals surface area contributed by atoms with Crippen LogP contribution in [0.2, 0.25) is 0 Å². The molecule has 1 atom stereocenters. The number of nitrogens with zero attached hydrogens (tertiary/aromatic N) is 2. The number of likely N-dealkylation sites (tertiary alicyclic amines) is 1. The van der Waals surface area contributed by atoms with Crippen molar-refractivity contribution >= 4 is 5.91 Å². The summed E-state index contributed by atoms with van der Waals surface area (Å²) in [6.45, 7) is 3.16. The van der Waals surface area contributed by atoms with Crippen LogP contribution in [0.1, 0.15) is 25.7 Å². The first-order chi connectivity index (χ1) is 8.27. The van der Waals surface area contributed by atoms with E-state index < -0.39 is 0 Å². The molecule has 0 aromatic rings. The zero-order valence-corrected chi connectivity index (χ0v) is 10.2. The fraction of sp³-hybridized carbons (Fsp3) is 0.833. The lowest BCUT2D eigenvalue weighted by Crippen LogP contribution is -2.43. The highest BCUT2D eigenvalue weighted by Gasteiger charge is 2.24. The lowest BCUT2D eigenvalue weighted by atomic mass is 9.97. The zero-order valence-electron chi connectivity index (χ0n) is 10.2. The smallest absolute Gasteiger partial charge is 0.224 e. The first-order valence-electron chi connectivity index (χ1n) is 6.25. The van der Waals surface area contributed by atoms with Crippen LogP contribution in [0.15, 0.2) is 0 Å². The fourth-order valence-electron chi connectivity index (χ4n) is 2.12. The quantitative estimate of drug-likeness (QED) is 0.645. The van der Waals surface area contributed by atoms with Crippen LogP contribution in [0.4, 0.5) is 0 Å². The average Bonchev–Trinajstić information content (AvgIpc) is 2.37. The van der Waals surface area contributed by atoms with Crippen molar-refractivity contribution in [2.75, 3.05) is 32.8 Å². The van der Waals surface area contributed by atoms with E-state index in [1.807, 2.05) is 0 Å². The molecular formula is C12H21N3O2. The maximum atomic E-state index is 11.8. The summed E-state index contributed by atoms with van der Waals surface area (Å²) in [7, 11) is 0. The van der Waals surface area contributed by atoms with Crippen molar-refractivity contribution in [3.05, 3.63) is 0 Å². The minimum Gasteiger partial charge on any atom is -0.396 e. The summed E-state index contributed by atoms with van der Waals surface area (Å²) < 4.78 is 0. The van der Waals surface area contributed by atoms with E-state index in [0.717, 1.165) is 32.5 Å². The maximum Gasteiger partial charge on any atom is 0.224 e. The highest BCUT2D eigenvalue weighted by atomic mass is 16.3. The van der Waals surface area contributed by atoms with Crippen LogP contribution >= 0.6 is 0 Å². The highest BCUT2D eigenvalue weighted by Crippen LogP contribution is 2.16. The van der Waals surface area contributed by atoms with Gasteiger partial charge >= 0.3 is 0 Å². The second kappa shape index (κ2) is 8.04. The van der Waals surface area contributed by atoms with Gasteiger partial charge in [0, 0.05) is 32.7 Å². The lowest BCUT2D eigenvalue weighted by Gasteiger charge is -2.31. The molecule has 0 aromatic carbocycles. The van der Waals surface area contributed by atoms with Crippen LogP contribution in [0, 0.1) is 17.2 Å². The van der Waals surface area contributed by atoms with E-state index in [0.29, 0.717) is 19.4 Å². The van der Waals surface area contributed by atoms with E-state index in [2.05, 4.69) is 16.3 Å². The summed E-state index contributed by atoms with van der Waals surface area (Å²) in [6.07, 6.45) is 3.08. The van der Waals surface area contributed by atoms with E-state index in [9.17, 15) is 4.79 Å². The van der Waals surface area contributed by atoms with Crippen LogP contribution in [-0.4, -0.2) is 48.7 Å². The number of aliphatic hydroxyl groups excluding tert-OH is 1. The number of rotatable bonds is 6. The molecule has 1 amide bonds. The first-order valence-corrected chi connectivity index (χ1v) is 6.25. The predicted molar refractivity (Wildman–Crippen MR) is 64.1 cm³/mol. The number of hydrogen-bond acceptors (Lipinski definition) is 4. The number of piperidine rings is 1. The summed E-state index contributed by atoms with van der Waals surface area (Å²) in [5.41, 5.74) is 0. The topological polar surface area (TPSA) is 76.4 Å². The number of hydrogen-bond donors (Lipinski definition) is 2. The van der Waals surface area contributed by atoms with Gasteiger partial charge in [0.15, 0.2) is 0 Å². The first kappa shape index (κ1) is 13.9. The molecule has 0 aliphatic carbocycles. The van der Waals surface area contributed by atoms with Crippen LogP contribution in [0.25, 0.3) is 0 Å². The Morgan fingerprint density at radius 3 is 3.12 bits per heavy atom. The third-order valence-electron chi connectivity index (χ3n) is 3.05. The van der Waals surface area contributed by atoms with E-state index in [-0.39, 0.29) is 18.4 Å². The van der Waals surface area contributed by atoms with Crippen molar-refractivity contribution in [1.82, 2.24) is 10.2 Å². The van der Waals surface area contributed by atoms with E-state index in [1.54, 1.807) is 0 Å². The van der Waals surface area contributed by atoms with E-state index in [4.69, 9.17) is 10.4 Å². The van der Waals surface area contributed by atoms with Crippen molar-refractivity contribution in [3.63, 3.8) is 0 Å². The van der Waals surface area contributed by atoms with Gasteiger partial charge in [-0.15, -0.1) is 0 Å². The minimum absolute atomic E-state index is 0.0427. The predicted octanol–water partition coefficient (Wildman–Crippen LogP) is 0.111. The number of carbonyl (C=O) groups is 1. The second-order valence-corrected chi connectivity index (χ2v) is 4.42. The number of carbonyl (C=O) groups excluding carboxylic acids is 1. The summed E-state index contributed by atoms with van der Waals surface area (Å²) in [6, 6.07) is 2.13. The van der Waals surface area contributed by atoms with Crippen LogP contribution in [0.3, 0.4) is 0 Å². The van der Waals surface area contributed by atoms with Gasteiger partial charge in [-0.2, -0.15) is 5.26 Å².